The average Bonchev–Trinajstić information content (AvgIpc) is 3.23. The van der Waals surface area contributed by atoms with Gasteiger partial charge in [0.15, 0.2) is 5.69 Å². The molecule has 0 spiro atoms. The van der Waals surface area contributed by atoms with E-state index in [0.717, 1.165) is 11.3 Å². The van der Waals surface area contributed by atoms with Crippen LogP contribution in [0.25, 0.3) is 0 Å². The molecule has 2 aromatic heterocycles. The molecule has 1 saturated heterocycles. The number of carbonyl (C=O) groups excluding carboxylic acids is 1. The molecule has 5 rings (SSSR count). The smallest absolute Gasteiger partial charge is 0.276 e. The molecule has 0 saturated carbocycles. The Kier molecular flexibility index (Phi) is 4.65. The minimum atomic E-state index is -0.0957. The Morgan fingerprint density at radius 1 is 1.00 bits per heavy atom. The van der Waals surface area contributed by atoms with Crippen molar-refractivity contribution < 1.29 is 9.53 Å². The van der Waals surface area contributed by atoms with Gasteiger partial charge in [-0.2, -0.15) is 0 Å². The summed E-state index contributed by atoms with van der Waals surface area (Å²) < 4.78 is 7.80. The molecule has 1 fully saturated rings. The summed E-state index contributed by atoms with van der Waals surface area (Å²) in [4.78, 5) is 25.5. The van der Waals surface area contributed by atoms with Crippen LogP contribution in [-0.2, 0) is 17.9 Å². The van der Waals surface area contributed by atoms with Crippen molar-refractivity contribution in [1.29, 1.82) is 0 Å². The Balaban J connectivity index is 1.26. The molecular formula is C20H21N7O2. The van der Waals surface area contributed by atoms with Gasteiger partial charge in [-0.25, -0.2) is 14.6 Å². The highest BCUT2D eigenvalue weighted by Gasteiger charge is 2.31. The van der Waals surface area contributed by atoms with Crippen molar-refractivity contribution in [3.8, 4) is 0 Å². The molecule has 29 heavy (non-hydrogen) atoms. The summed E-state index contributed by atoms with van der Waals surface area (Å²) in [7, 11) is 0. The van der Waals surface area contributed by atoms with Crippen LogP contribution in [0.4, 0.5) is 5.95 Å². The Hall–Kier alpha value is -3.33. The van der Waals surface area contributed by atoms with Crippen LogP contribution in [0.3, 0.4) is 0 Å². The second-order valence-electron chi connectivity index (χ2n) is 7.11. The van der Waals surface area contributed by atoms with Crippen molar-refractivity contribution in [2.75, 3.05) is 31.1 Å². The molecule has 0 N–H and O–H groups in total. The van der Waals surface area contributed by atoms with Gasteiger partial charge in [-0.1, -0.05) is 35.5 Å². The number of rotatable bonds is 3. The lowest BCUT2D eigenvalue weighted by molar-refractivity contribution is -0.00196. The second kappa shape index (κ2) is 7.59. The van der Waals surface area contributed by atoms with Gasteiger partial charge in [0.05, 0.1) is 18.8 Å². The van der Waals surface area contributed by atoms with Gasteiger partial charge in [0, 0.05) is 38.6 Å². The molecule has 9 nitrogen and oxygen atoms in total. The fourth-order valence-electron chi connectivity index (χ4n) is 3.76. The standard InChI is InChI=1S/C20H21N7O2/c28-19(25-9-11-26(12-10-25)20-21-7-4-8-22-20)18-16-14-29-17(13-27(16)24-23-18)15-5-2-1-3-6-15/h1-8,17H,9-14H2. The number of aromatic nitrogens is 5. The Morgan fingerprint density at radius 3 is 2.52 bits per heavy atom. The lowest BCUT2D eigenvalue weighted by atomic mass is 10.1. The lowest BCUT2D eigenvalue weighted by Gasteiger charge is -2.34. The largest absolute Gasteiger partial charge is 0.365 e. The van der Waals surface area contributed by atoms with Crippen molar-refractivity contribution in [3.05, 3.63) is 65.7 Å². The summed E-state index contributed by atoms with van der Waals surface area (Å²) in [5.74, 6) is 0.600. The van der Waals surface area contributed by atoms with E-state index in [1.807, 2.05) is 35.2 Å². The SMILES string of the molecule is O=C(c1nnn2c1COC(c1ccccc1)C2)N1CCN(c2ncccn2)CC1. The molecular weight excluding hydrogens is 370 g/mol. The molecule has 2 aliphatic rings. The van der Waals surface area contributed by atoms with Gasteiger partial charge in [0.2, 0.25) is 5.95 Å². The quantitative estimate of drug-likeness (QED) is 0.665. The Morgan fingerprint density at radius 2 is 1.76 bits per heavy atom. The third-order valence-corrected chi connectivity index (χ3v) is 5.37. The molecule has 0 bridgehead atoms. The first-order valence-electron chi connectivity index (χ1n) is 9.70. The molecule has 4 heterocycles. The van der Waals surface area contributed by atoms with Crippen molar-refractivity contribution in [2.45, 2.75) is 19.3 Å². The second-order valence-corrected chi connectivity index (χ2v) is 7.11. The zero-order chi connectivity index (χ0) is 19.6. The van der Waals surface area contributed by atoms with Crippen LogP contribution in [0, 0.1) is 0 Å². The highest BCUT2D eigenvalue weighted by molar-refractivity contribution is 5.93. The van der Waals surface area contributed by atoms with Crippen LogP contribution in [0.5, 0.6) is 0 Å². The van der Waals surface area contributed by atoms with Gasteiger partial charge in [-0.05, 0) is 11.6 Å². The van der Waals surface area contributed by atoms with E-state index in [2.05, 4.69) is 25.2 Å². The predicted molar refractivity (Wildman–Crippen MR) is 104 cm³/mol. The van der Waals surface area contributed by atoms with E-state index >= 15 is 0 Å². The Bertz CT molecular complexity index is 985. The molecule has 1 aromatic carbocycles. The van der Waals surface area contributed by atoms with Crippen molar-refractivity contribution >= 4 is 11.9 Å². The summed E-state index contributed by atoms with van der Waals surface area (Å²) >= 11 is 0. The minimum Gasteiger partial charge on any atom is -0.365 e. The fourth-order valence-corrected chi connectivity index (χ4v) is 3.76. The van der Waals surface area contributed by atoms with Gasteiger partial charge in [0.1, 0.15) is 6.10 Å². The van der Waals surface area contributed by atoms with Crippen LogP contribution in [0.2, 0.25) is 0 Å². The number of hydrogen-bond donors (Lipinski definition) is 0. The Labute approximate surface area is 167 Å². The first kappa shape index (κ1) is 17.7. The number of ether oxygens (including phenoxy) is 1. The molecule has 1 atom stereocenters. The number of piperazine rings is 1. The number of nitrogens with zero attached hydrogens (tertiary/aromatic N) is 7. The average molecular weight is 391 g/mol. The first-order chi connectivity index (χ1) is 14.3. The summed E-state index contributed by atoms with van der Waals surface area (Å²) in [5, 5.41) is 8.40. The van der Waals surface area contributed by atoms with Crippen LogP contribution in [0.15, 0.2) is 48.8 Å². The van der Waals surface area contributed by atoms with Gasteiger partial charge in [-0.15, -0.1) is 5.10 Å². The van der Waals surface area contributed by atoms with Gasteiger partial charge in [0.25, 0.3) is 5.91 Å². The van der Waals surface area contributed by atoms with Crippen molar-refractivity contribution in [3.63, 3.8) is 0 Å². The van der Waals surface area contributed by atoms with Crippen molar-refractivity contribution in [1.82, 2.24) is 29.9 Å². The molecule has 0 radical (unpaired) electrons. The van der Waals surface area contributed by atoms with E-state index in [-0.39, 0.29) is 12.0 Å². The number of carbonyl (C=O) groups is 1. The van der Waals surface area contributed by atoms with E-state index < -0.39 is 0 Å². The minimum absolute atomic E-state index is 0.0808. The summed E-state index contributed by atoms with van der Waals surface area (Å²) in [6.45, 7) is 3.44. The maximum absolute atomic E-state index is 13.0. The number of hydrogen-bond acceptors (Lipinski definition) is 7. The first-order valence-corrected chi connectivity index (χ1v) is 9.70. The number of amides is 1. The van der Waals surface area contributed by atoms with Crippen LogP contribution >= 0.6 is 0 Å². The monoisotopic (exact) mass is 391 g/mol. The van der Waals surface area contributed by atoms with E-state index in [9.17, 15) is 4.79 Å². The van der Waals surface area contributed by atoms with E-state index in [0.29, 0.717) is 51.0 Å². The third kappa shape index (κ3) is 3.44. The zero-order valence-corrected chi connectivity index (χ0v) is 15.9. The zero-order valence-electron chi connectivity index (χ0n) is 15.9. The summed E-state index contributed by atoms with van der Waals surface area (Å²) in [6, 6.07) is 11.8. The van der Waals surface area contributed by atoms with Gasteiger partial charge in [-0.3, -0.25) is 4.79 Å². The molecule has 1 unspecified atom stereocenters. The molecule has 1 amide bonds. The van der Waals surface area contributed by atoms with Gasteiger partial charge < -0.3 is 14.5 Å². The number of fused-ring (bicyclic) bond motifs is 1. The molecule has 9 heteroatoms. The molecule has 2 aliphatic heterocycles. The lowest BCUT2D eigenvalue weighted by Crippen LogP contribution is -2.49. The van der Waals surface area contributed by atoms with E-state index in [1.165, 1.54) is 0 Å². The third-order valence-electron chi connectivity index (χ3n) is 5.37. The van der Waals surface area contributed by atoms with E-state index in [1.54, 1.807) is 23.1 Å². The fraction of sp³-hybridized carbons (Fsp3) is 0.350. The highest BCUT2D eigenvalue weighted by Crippen LogP contribution is 2.27. The number of anilines is 1. The van der Waals surface area contributed by atoms with Crippen molar-refractivity contribution in [2.24, 2.45) is 0 Å². The number of benzene rings is 1. The normalized spacial score (nSPS) is 19.1. The van der Waals surface area contributed by atoms with Gasteiger partial charge >= 0.3 is 0 Å². The summed E-state index contributed by atoms with van der Waals surface area (Å²) in [5.41, 5.74) is 2.23. The van der Waals surface area contributed by atoms with Crippen LogP contribution in [0.1, 0.15) is 27.8 Å². The van der Waals surface area contributed by atoms with E-state index in [4.69, 9.17) is 4.74 Å². The topological polar surface area (TPSA) is 89.3 Å². The van der Waals surface area contributed by atoms with Crippen LogP contribution < -0.4 is 4.90 Å². The molecule has 3 aromatic rings. The van der Waals surface area contributed by atoms with Crippen LogP contribution in [-0.4, -0.2) is 61.9 Å². The highest BCUT2D eigenvalue weighted by atomic mass is 16.5. The molecule has 148 valence electrons. The molecule has 0 aliphatic carbocycles. The maximum Gasteiger partial charge on any atom is 0.276 e. The predicted octanol–water partition coefficient (Wildman–Crippen LogP) is 1.30. The maximum atomic E-state index is 13.0. The summed E-state index contributed by atoms with van der Waals surface area (Å²) in [6.07, 6.45) is 3.37.